The fourth-order valence-electron chi connectivity index (χ4n) is 4.57. The number of carbonyl (C=O) groups is 1. The van der Waals surface area contributed by atoms with E-state index in [1.54, 1.807) is 12.1 Å². The molecule has 2 aromatic heterocycles. The molecule has 0 atom stereocenters. The van der Waals surface area contributed by atoms with Gasteiger partial charge in [-0.2, -0.15) is 0 Å². The maximum atomic E-state index is 13.2. The summed E-state index contributed by atoms with van der Waals surface area (Å²) in [5.41, 5.74) is 0.683. The predicted molar refractivity (Wildman–Crippen MR) is 158 cm³/mol. The molecule has 0 unspecified atom stereocenters. The zero-order valence-corrected chi connectivity index (χ0v) is 23.7. The van der Waals surface area contributed by atoms with Crippen LogP contribution in [-0.2, 0) is 10.0 Å². The van der Waals surface area contributed by atoms with Crippen LogP contribution in [0.15, 0.2) is 68.4 Å². The summed E-state index contributed by atoms with van der Waals surface area (Å²) in [7, 11) is -4.08. The minimum absolute atomic E-state index is 0.0988. The number of hydrogen-bond acceptors (Lipinski definition) is 8. The highest BCUT2D eigenvalue weighted by Gasteiger charge is 2.20. The van der Waals surface area contributed by atoms with Crippen molar-refractivity contribution in [1.82, 2.24) is 19.2 Å². The van der Waals surface area contributed by atoms with E-state index in [1.807, 2.05) is 10.8 Å². The largest absolute Gasteiger partial charge is 0.384 e. The van der Waals surface area contributed by atoms with Crippen LogP contribution in [0.4, 0.5) is 16.2 Å². The maximum absolute atomic E-state index is 13.2. The van der Waals surface area contributed by atoms with Crippen molar-refractivity contribution in [1.29, 1.82) is 0 Å². The van der Waals surface area contributed by atoms with Gasteiger partial charge in [-0.05, 0) is 80.5 Å². The first-order valence-electron chi connectivity index (χ1n) is 12.6. The van der Waals surface area contributed by atoms with E-state index in [0.717, 1.165) is 47.8 Å². The molecular formula is C26H27ClN6O5S2. The van der Waals surface area contributed by atoms with Crippen molar-refractivity contribution in [2.75, 3.05) is 36.8 Å². The average Bonchev–Trinajstić information content (AvgIpc) is 3.37. The van der Waals surface area contributed by atoms with Gasteiger partial charge in [0.1, 0.15) is 4.21 Å². The molecule has 1 fully saturated rings. The summed E-state index contributed by atoms with van der Waals surface area (Å²) in [6.45, 7) is 3.93. The molecule has 1 saturated heterocycles. The third-order valence-corrected chi connectivity index (χ3v) is 9.58. The minimum Gasteiger partial charge on any atom is -0.384 e. The number of nitrogens with one attached hydrogen (secondary N) is 4. The molecule has 5 rings (SSSR count). The van der Waals surface area contributed by atoms with E-state index in [1.165, 1.54) is 55.7 Å². The Hall–Kier alpha value is -3.65. The Morgan fingerprint density at radius 1 is 0.975 bits per heavy atom. The van der Waals surface area contributed by atoms with Gasteiger partial charge in [0.05, 0.1) is 20.9 Å². The summed E-state index contributed by atoms with van der Waals surface area (Å²) in [5.74, 6) is 0. The van der Waals surface area contributed by atoms with Crippen molar-refractivity contribution in [2.24, 2.45) is 0 Å². The lowest BCUT2D eigenvalue weighted by molar-refractivity contribution is 0.237. The number of anilines is 2. The fraction of sp³-hybridized carbons (Fsp3) is 0.269. The summed E-state index contributed by atoms with van der Waals surface area (Å²) in [5, 5.41) is 6.12. The lowest BCUT2D eigenvalue weighted by Gasteiger charge is -2.26. The lowest BCUT2D eigenvalue weighted by atomic mass is 10.1. The second-order valence-electron chi connectivity index (χ2n) is 9.33. The third kappa shape index (κ3) is 6.39. The zero-order chi connectivity index (χ0) is 28.3. The standard InChI is InChI=1S/C26H27ClN6O5S2/c27-22-10-11-23(39-22)40(37,38)31-25(35)29-17-4-7-19(8-5-17)33-24(34)20-9-6-18(16-21(20)30-26(33)36)28-12-15-32-13-2-1-3-14-32/h4-11,16,28H,1-3,12-15H2,(H,30,36)(H2,29,31,35). The van der Waals surface area contributed by atoms with Gasteiger partial charge < -0.3 is 20.5 Å². The molecule has 0 radical (unpaired) electrons. The van der Waals surface area contributed by atoms with Gasteiger partial charge in [0.15, 0.2) is 0 Å². The van der Waals surface area contributed by atoms with Crippen molar-refractivity contribution < 1.29 is 13.2 Å². The van der Waals surface area contributed by atoms with Gasteiger partial charge in [0.2, 0.25) is 0 Å². The Labute approximate surface area is 238 Å². The molecule has 14 heteroatoms. The number of thiophene rings is 1. The molecule has 2 aromatic carbocycles. The Kier molecular flexibility index (Phi) is 8.26. The summed E-state index contributed by atoms with van der Waals surface area (Å²) in [6.07, 6.45) is 3.75. The molecule has 0 saturated carbocycles. The summed E-state index contributed by atoms with van der Waals surface area (Å²) in [4.78, 5) is 43.5. The van der Waals surface area contributed by atoms with Gasteiger partial charge in [-0.15, -0.1) is 11.3 Å². The molecule has 3 heterocycles. The van der Waals surface area contributed by atoms with Crippen molar-refractivity contribution >= 4 is 61.3 Å². The highest BCUT2D eigenvalue weighted by molar-refractivity contribution is 7.92. The number of likely N-dealkylation sites (tertiary alicyclic amines) is 1. The number of H-pyrrole nitrogens is 1. The number of nitrogens with zero attached hydrogens (tertiary/aromatic N) is 2. The predicted octanol–water partition coefficient (Wildman–Crippen LogP) is 3.80. The second kappa shape index (κ2) is 11.8. The van der Waals surface area contributed by atoms with Gasteiger partial charge in [-0.3, -0.25) is 4.79 Å². The smallest absolute Gasteiger partial charge is 0.333 e. The maximum Gasteiger partial charge on any atom is 0.333 e. The van der Waals surface area contributed by atoms with Crippen molar-refractivity contribution in [3.63, 3.8) is 0 Å². The molecule has 11 nitrogen and oxygen atoms in total. The van der Waals surface area contributed by atoms with Gasteiger partial charge in [0, 0.05) is 24.5 Å². The van der Waals surface area contributed by atoms with Crippen LogP contribution in [0.3, 0.4) is 0 Å². The average molecular weight is 603 g/mol. The molecule has 0 bridgehead atoms. The van der Waals surface area contributed by atoms with Crippen molar-refractivity contribution in [2.45, 2.75) is 23.5 Å². The number of piperidine rings is 1. The SMILES string of the molecule is O=C(Nc1ccc(-n2c(=O)[nH]c3cc(NCCN4CCCCC4)ccc3c2=O)cc1)NS(=O)(=O)c1ccc(Cl)s1. The number of amides is 2. The molecule has 0 aliphatic carbocycles. The first-order valence-corrected chi connectivity index (χ1v) is 15.3. The van der Waals surface area contributed by atoms with Crippen LogP contribution in [0.5, 0.6) is 0 Å². The molecule has 210 valence electrons. The number of fused-ring (bicyclic) bond motifs is 1. The Morgan fingerprint density at radius 3 is 2.40 bits per heavy atom. The van der Waals surface area contributed by atoms with E-state index in [0.29, 0.717) is 10.9 Å². The van der Waals surface area contributed by atoms with Crippen molar-refractivity contribution in [3.05, 3.63) is 79.8 Å². The number of sulfonamides is 1. The third-order valence-electron chi connectivity index (χ3n) is 6.53. The number of carbonyl (C=O) groups excluding carboxylic acids is 1. The number of aromatic amines is 1. The highest BCUT2D eigenvalue weighted by atomic mass is 35.5. The lowest BCUT2D eigenvalue weighted by Crippen LogP contribution is -2.34. The van der Waals surface area contributed by atoms with E-state index >= 15 is 0 Å². The van der Waals surface area contributed by atoms with E-state index in [9.17, 15) is 22.8 Å². The molecule has 1 aliphatic rings. The fourth-order valence-corrected chi connectivity index (χ4v) is 6.96. The molecule has 4 N–H and O–H groups in total. The Bertz CT molecular complexity index is 1760. The van der Waals surface area contributed by atoms with Crippen LogP contribution in [0, 0.1) is 0 Å². The molecule has 1 aliphatic heterocycles. The summed E-state index contributed by atoms with van der Waals surface area (Å²) in [6, 6.07) is 12.8. The number of rotatable bonds is 8. The monoisotopic (exact) mass is 602 g/mol. The van der Waals surface area contributed by atoms with Gasteiger partial charge in [-0.1, -0.05) is 18.0 Å². The zero-order valence-electron chi connectivity index (χ0n) is 21.3. The van der Waals surface area contributed by atoms with Crippen molar-refractivity contribution in [3.8, 4) is 5.69 Å². The van der Waals surface area contributed by atoms with E-state index in [-0.39, 0.29) is 19.9 Å². The van der Waals surface area contributed by atoms with E-state index < -0.39 is 27.3 Å². The Morgan fingerprint density at radius 2 is 1.70 bits per heavy atom. The molecule has 0 spiro atoms. The van der Waals surface area contributed by atoms with Gasteiger partial charge in [-0.25, -0.2) is 27.3 Å². The van der Waals surface area contributed by atoms with Crippen LogP contribution in [-0.4, -0.2) is 55.1 Å². The van der Waals surface area contributed by atoms with Crippen LogP contribution >= 0.6 is 22.9 Å². The minimum atomic E-state index is -4.08. The number of halogens is 1. The van der Waals surface area contributed by atoms with E-state index in [2.05, 4.69) is 20.5 Å². The number of urea groups is 1. The first-order chi connectivity index (χ1) is 19.2. The van der Waals surface area contributed by atoms with Crippen LogP contribution in [0.2, 0.25) is 4.34 Å². The van der Waals surface area contributed by atoms with Crippen LogP contribution in [0.1, 0.15) is 19.3 Å². The van der Waals surface area contributed by atoms with E-state index in [4.69, 9.17) is 11.6 Å². The van der Waals surface area contributed by atoms with Crippen LogP contribution in [0.25, 0.3) is 16.6 Å². The summed E-state index contributed by atoms with van der Waals surface area (Å²) >= 11 is 6.59. The molecule has 2 amide bonds. The van der Waals surface area contributed by atoms with Gasteiger partial charge in [0.25, 0.3) is 15.6 Å². The number of aromatic nitrogens is 2. The topological polar surface area (TPSA) is 145 Å². The Balaban J connectivity index is 1.27. The normalized spacial score (nSPS) is 14.2. The quantitative estimate of drug-likeness (QED) is 0.240. The van der Waals surface area contributed by atoms with Crippen LogP contribution < -0.4 is 26.6 Å². The summed E-state index contributed by atoms with van der Waals surface area (Å²) < 4.78 is 27.7. The number of benzene rings is 2. The number of hydrogen-bond donors (Lipinski definition) is 4. The molecular weight excluding hydrogens is 576 g/mol. The highest BCUT2D eigenvalue weighted by Crippen LogP contribution is 2.25. The van der Waals surface area contributed by atoms with Gasteiger partial charge >= 0.3 is 11.7 Å². The first kappa shape index (κ1) is 27.9. The molecule has 40 heavy (non-hydrogen) atoms. The second-order valence-corrected chi connectivity index (χ2v) is 12.9. The molecule has 4 aromatic rings.